The number of methoxy groups -OCH3 is 5. The molecule has 178 valence electrons. The number of rotatable bonds is 7. The number of nitrogens with zero attached hydrogens (tertiary/aromatic N) is 1. The maximum atomic E-state index is 13.5. The van der Waals surface area contributed by atoms with E-state index < -0.39 is 47.5 Å². The van der Waals surface area contributed by atoms with Crippen molar-refractivity contribution in [3.05, 3.63) is 35.4 Å². The van der Waals surface area contributed by atoms with Crippen molar-refractivity contribution in [1.82, 2.24) is 4.90 Å². The molecule has 11 heteroatoms. The molecule has 33 heavy (non-hydrogen) atoms. The first-order chi connectivity index (χ1) is 15.7. The van der Waals surface area contributed by atoms with Crippen LogP contribution in [0.4, 0.5) is 5.69 Å². The van der Waals surface area contributed by atoms with E-state index in [0.717, 1.165) is 26.2 Å². The topological polar surface area (TPSA) is 130 Å². The largest absolute Gasteiger partial charge is 0.497 e. The van der Waals surface area contributed by atoms with Crippen LogP contribution in [0.1, 0.15) is 6.92 Å². The second kappa shape index (κ2) is 9.10. The van der Waals surface area contributed by atoms with E-state index >= 15 is 0 Å². The monoisotopic (exact) mass is 462 g/mol. The normalized spacial score (nSPS) is 26.1. The van der Waals surface area contributed by atoms with Crippen molar-refractivity contribution in [3.8, 4) is 5.75 Å². The van der Waals surface area contributed by atoms with E-state index in [1.165, 1.54) is 21.1 Å². The highest BCUT2D eigenvalue weighted by Gasteiger charge is 2.68. The van der Waals surface area contributed by atoms with Crippen molar-refractivity contribution in [2.75, 3.05) is 40.9 Å². The van der Waals surface area contributed by atoms with Gasteiger partial charge in [-0.2, -0.15) is 0 Å². The van der Waals surface area contributed by atoms with E-state index in [0.29, 0.717) is 11.4 Å². The van der Waals surface area contributed by atoms with Crippen molar-refractivity contribution in [2.24, 2.45) is 0 Å². The van der Waals surface area contributed by atoms with Crippen LogP contribution in [0.25, 0.3) is 0 Å². The SMILES string of the molecule is COC(=O)C1=C(C(=O)OC)[C@@](C)(C(=O)OC)N2C(=O)[C@H](OC)[C@@H](Nc3ccc(OC)cc3)[C@@H]12. The fraction of sp³-hybridized carbons (Fsp3) is 0.455. The minimum Gasteiger partial charge on any atom is -0.497 e. The zero-order valence-corrected chi connectivity index (χ0v) is 19.2. The number of esters is 3. The summed E-state index contributed by atoms with van der Waals surface area (Å²) in [5.41, 5.74) is -1.86. The lowest BCUT2D eigenvalue weighted by Crippen LogP contribution is -2.56. The molecule has 0 spiro atoms. The zero-order chi connectivity index (χ0) is 24.5. The molecule has 0 aliphatic carbocycles. The number of benzene rings is 1. The average Bonchev–Trinajstić information content (AvgIpc) is 3.27. The summed E-state index contributed by atoms with van der Waals surface area (Å²) in [6, 6.07) is 4.91. The first-order valence-electron chi connectivity index (χ1n) is 9.97. The summed E-state index contributed by atoms with van der Waals surface area (Å²) < 4.78 is 25.3. The highest BCUT2D eigenvalue weighted by molar-refractivity contribution is 6.13. The molecule has 1 saturated heterocycles. The Balaban J connectivity index is 2.22. The van der Waals surface area contributed by atoms with Crippen LogP contribution in [0.3, 0.4) is 0 Å². The fourth-order valence-corrected chi connectivity index (χ4v) is 4.52. The van der Waals surface area contributed by atoms with Gasteiger partial charge in [0.1, 0.15) is 5.75 Å². The number of anilines is 1. The van der Waals surface area contributed by atoms with Gasteiger partial charge in [-0.05, 0) is 31.2 Å². The van der Waals surface area contributed by atoms with Crippen LogP contribution in [0.15, 0.2) is 35.4 Å². The van der Waals surface area contributed by atoms with Gasteiger partial charge in [0.15, 0.2) is 11.6 Å². The maximum Gasteiger partial charge on any atom is 0.337 e. The summed E-state index contributed by atoms with van der Waals surface area (Å²) in [6.45, 7) is 1.33. The molecule has 1 fully saturated rings. The molecule has 1 amide bonds. The third kappa shape index (κ3) is 3.58. The minimum absolute atomic E-state index is 0.184. The summed E-state index contributed by atoms with van der Waals surface area (Å²) in [6.07, 6.45) is -1.08. The van der Waals surface area contributed by atoms with Gasteiger partial charge < -0.3 is 33.9 Å². The molecule has 2 aliphatic rings. The fourth-order valence-electron chi connectivity index (χ4n) is 4.52. The standard InChI is InChI=1S/C22H26N2O9/c1-22(21(28)33-6)14(20(27)32-5)13(19(26)31-4)16-15(17(30-3)18(25)24(16)22)23-11-7-9-12(29-2)10-8-11/h7-10,15-17,23H,1-6H3/t15-,16+,17+,22-/m0/s1. The Bertz CT molecular complexity index is 1000. The predicted molar refractivity (Wildman–Crippen MR) is 113 cm³/mol. The smallest absolute Gasteiger partial charge is 0.337 e. The van der Waals surface area contributed by atoms with E-state index in [1.54, 1.807) is 24.3 Å². The van der Waals surface area contributed by atoms with Gasteiger partial charge in [0.2, 0.25) is 0 Å². The van der Waals surface area contributed by atoms with E-state index in [-0.39, 0.29) is 11.1 Å². The number of fused-ring (bicyclic) bond motifs is 1. The molecular weight excluding hydrogens is 436 g/mol. The van der Waals surface area contributed by atoms with Gasteiger partial charge in [-0.3, -0.25) is 4.79 Å². The lowest BCUT2D eigenvalue weighted by Gasteiger charge is -2.34. The highest BCUT2D eigenvalue weighted by atomic mass is 16.5. The molecule has 11 nitrogen and oxygen atoms in total. The van der Waals surface area contributed by atoms with Crippen molar-refractivity contribution in [3.63, 3.8) is 0 Å². The third-order valence-corrected chi connectivity index (χ3v) is 6.01. The number of carbonyl (C=O) groups is 4. The molecule has 1 aromatic rings. The number of amides is 1. The summed E-state index contributed by atoms with van der Waals surface area (Å²) in [7, 11) is 6.24. The molecule has 0 radical (unpaired) electrons. The maximum absolute atomic E-state index is 13.5. The molecule has 0 unspecified atom stereocenters. The molecule has 4 atom stereocenters. The molecule has 0 saturated carbocycles. The minimum atomic E-state index is -1.94. The Morgan fingerprint density at radius 1 is 0.939 bits per heavy atom. The third-order valence-electron chi connectivity index (χ3n) is 6.01. The van der Waals surface area contributed by atoms with Crippen LogP contribution in [-0.4, -0.2) is 88.0 Å². The van der Waals surface area contributed by atoms with Crippen molar-refractivity contribution >= 4 is 29.5 Å². The van der Waals surface area contributed by atoms with Gasteiger partial charge >= 0.3 is 17.9 Å². The Hall–Kier alpha value is -3.60. The number of hydrogen-bond donors (Lipinski definition) is 1. The summed E-state index contributed by atoms with van der Waals surface area (Å²) in [5, 5.41) is 3.19. The van der Waals surface area contributed by atoms with Crippen LogP contribution in [-0.2, 0) is 38.1 Å². The molecule has 0 aromatic heterocycles. The van der Waals surface area contributed by atoms with Gasteiger partial charge in [0.05, 0.1) is 51.7 Å². The Morgan fingerprint density at radius 3 is 2.03 bits per heavy atom. The molecular formula is C22H26N2O9. The van der Waals surface area contributed by atoms with E-state index in [9.17, 15) is 19.2 Å². The van der Waals surface area contributed by atoms with Gasteiger partial charge in [-0.25, -0.2) is 14.4 Å². The van der Waals surface area contributed by atoms with E-state index in [2.05, 4.69) is 5.32 Å². The first-order valence-corrected chi connectivity index (χ1v) is 9.97. The second-order valence-corrected chi connectivity index (χ2v) is 7.54. The highest BCUT2D eigenvalue weighted by Crippen LogP contribution is 2.47. The van der Waals surface area contributed by atoms with E-state index in [4.69, 9.17) is 23.7 Å². The molecule has 1 N–H and O–H groups in total. The van der Waals surface area contributed by atoms with Crippen LogP contribution in [0, 0.1) is 0 Å². The molecule has 3 rings (SSSR count). The number of ether oxygens (including phenoxy) is 5. The summed E-state index contributed by atoms with van der Waals surface area (Å²) in [4.78, 5) is 53.3. The predicted octanol–water partition coefficient (Wildman–Crippen LogP) is 0.289. The van der Waals surface area contributed by atoms with Gasteiger partial charge in [0.25, 0.3) is 5.91 Å². The quantitative estimate of drug-likeness (QED) is 0.446. The Kier molecular flexibility index (Phi) is 6.63. The number of carbonyl (C=O) groups excluding carboxylic acids is 4. The Morgan fingerprint density at radius 2 is 1.55 bits per heavy atom. The van der Waals surface area contributed by atoms with Crippen molar-refractivity contribution in [2.45, 2.75) is 30.7 Å². The van der Waals surface area contributed by atoms with E-state index in [1.807, 2.05) is 0 Å². The van der Waals surface area contributed by atoms with Gasteiger partial charge in [-0.15, -0.1) is 0 Å². The van der Waals surface area contributed by atoms with Crippen LogP contribution in [0.5, 0.6) is 5.75 Å². The summed E-state index contributed by atoms with van der Waals surface area (Å²) >= 11 is 0. The van der Waals surface area contributed by atoms with Crippen LogP contribution >= 0.6 is 0 Å². The number of nitrogens with one attached hydrogen (secondary N) is 1. The lowest BCUT2D eigenvalue weighted by molar-refractivity contribution is -0.160. The first kappa shape index (κ1) is 24.1. The van der Waals surface area contributed by atoms with Crippen LogP contribution in [0.2, 0.25) is 0 Å². The summed E-state index contributed by atoms with van der Waals surface area (Å²) in [5.74, 6) is -2.75. The Labute approximate surface area is 190 Å². The van der Waals surface area contributed by atoms with Gasteiger partial charge in [-0.1, -0.05) is 0 Å². The lowest BCUT2D eigenvalue weighted by atomic mass is 9.88. The number of hydrogen-bond acceptors (Lipinski definition) is 10. The van der Waals surface area contributed by atoms with Crippen molar-refractivity contribution < 1.29 is 42.9 Å². The molecule has 2 aliphatic heterocycles. The second-order valence-electron chi connectivity index (χ2n) is 7.54. The van der Waals surface area contributed by atoms with Crippen LogP contribution < -0.4 is 10.1 Å². The van der Waals surface area contributed by atoms with Crippen molar-refractivity contribution in [1.29, 1.82) is 0 Å². The van der Waals surface area contributed by atoms with Gasteiger partial charge in [0, 0.05) is 12.8 Å². The average molecular weight is 462 g/mol. The zero-order valence-electron chi connectivity index (χ0n) is 19.2. The molecule has 1 aromatic carbocycles. The molecule has 0 bridgehead atoms. The molecule has 2 heterocycles.